The van der Waals surface area contributed by atoms with E-state index in [9.17, 15) is 0 Å². The van der Waals surface area contributed by atoms with Crippen molar-refractivity contribution in [1.82, 2.24) is 0 Å². The molecule has 0 radical (unpaired) electrons. The highest BCUT2D eigenvalue weighted by atomic mass is 16.7. The van der Waals surface area contributed by atoms with E-state index in [1.54, 1.807) is 0 Å². The zero-order valence-corrected chi connectivity index (χ0v) is 14.3. The van der Waals surface area contributed by atoms with E-state index < -0.39 is 0 Å². The Balaban J connectivity index is 1.85. The van der Waals surface area contributed by atoms with Crippen molar-refractivity contribution in [2.75, 3.05) is 6.61 Å². The van der Waals surface area contributed by atoms with Gasteiger partial charge in [-0.05, 0) is 51.9 Å². The third kappa shape index (κ3) is 11.0. The van der Waals surface area contributed by atoms with Gasteiger partial charge in [0.15, 0.2) is 6.29 Å². The fourth-order valence-electron chi connectivity index (χ4n) is 2.75. The van der Waals surface area contributed by atoms with Gasteiger partial charge in [0.25, 0.3) is 0 Å². The molecule has 0 aliphatic carbocycles. The van der Waals surface area contributed by atoms with Crippen LogP contribution in [-0.4, -0.2) is 19.0 Å². The second-order valence-electron chi connectivity index (χ2n) is 6.35. The Hall–Kier alpha value is -0.340. The van der Waals surface area contributed by atoms with E-state index in [1.165, 1.54) is 70.6 Å². The summed E-state index contributed by atoms with van der Waals surface area (Å²) in [5.74, 6) is 0. The lowest BCUT2D eigenvalue weighted by Gasteiger charge is -2.26. The molecule has 124 valence electrons. The molecule has 1 saturated heterocycles. The van der Waals surface area contributed by atoms with Crippen LogP contribution in [0, 0.1) is 0 Å². The van der Waals surface area contributed by atoms with Gasteiger partial charge in [0, 0.05) is 6.61 Å². The van der Waals surface area contributed by atoms with E-state index in [2.05, 4.69) is 26.0 Å². The lowest BCUT2D eigenvalue weighted by molar-refractivity contribution is -0.185. The van der Waals surface area contributed by atoms with Gasteiger partial charge in [0.1, 0.15) is 0 Å². The quantitative estimate of drug-likeness (QED) is 0.324. The molecule has 0 amide bonds. The van der Waals surface area contributed by atoms with Crippen molar-refractivity contribution in [1.29, 1.82) is 0 Å². The van der Waals surface area contributed by atoms with Crippen LogP contribution in [0.3, 0.4) is 0 Å². The Bertz CT molecular complexity index is 244. The molecule has 1 rings (SSSR count). The molecule has 21 heavy (non-hydrogen) atoms. The molecule has 0 bridgehead atoms. The molecule has 1 aliphatic rings. The number of hydrogen-bond acceptors (Lipinski definition) is 2. The second kappa shape index (κ2) is 13.3. The average molecular weight is 296 g/mol. The van der Waals surface area contributed by atoms with Crippen LogP contribution in [0.1, 0.15) is 90.9 Å². The zero-order valence-electron chi connectivity index (χ0n) is 14.3. The minimum Gasteiger partial charge on any atom is -0.353 e. The molecule has 0 aromatic carbocycles. The Morgan fingerprint density at radius 2 is 1.81 bits per heavy atom. The molecule has 2 heteroatoms. The van der Waals surface area contributed by atoms with Crippen LogP contribution in [-0.2, 0) is 9.47 Å². The fraction of sp³-hybridized carbons (Fsp3) is 0.895. The van der Waals surface area contributed by atoms with Crippen LogP contribution in [0.15, 0.2) is 12.2 Å². The highest BCUT2D eigenvalue weighted by Crippen LogP contribution is 2.18. The van der Waals surface area contributed by atoms with Crippen molar-refractivity contribution < 1.29 is 9.47 Å². The van der Waals surface area contributed by atoms with Gasteiger partial charge in [0.2, 0.25) is 0 Å². The number of hydrogen-bond donors (Lipinski definition) is 0. The van der Waals surface area contributed by atoms with Crippen LogP contribution in [0.25, 0.3) is 0 Å². The molecule has 1 heterocycles. The first kappa shape index (κ1) is 18.7. The zero-order chi connectivity index (χ0) is 15.2. The predicted octanol–water partition coefficient (Wildman–Crippen LogP) is 6.01. The topological polar surface area (TPSA) is 18.5 Å². The monoisotopic (exact) mass is 296 g/mol. The summed E-state index contributed by atoms with van der Waals surface area (Å²) in [4.78, 5) is 0. The standard InChI is InChI=1S/C19H36O2/c1-3-4-5-6-7-8-9-10-11-12-15-18(2)21-19-16-13-14-17-20-19/h6-7,18-19H,3-5,8-17H2,1-2H3/b7-6-. The molecule has 0 saturated carbocycles. The Morgan fingerprint density at radius 1 is 1.05 bits per heavy atom. The lowest BCUT2D eigenvalue weighted by Crippen LogP contribution is -2.26. The van der Waals surface area contributed by atoms with Crippen molar-refractivity contribution in [3.63, 3.8) is 0 Å². The molecule has 0 N–H and O–H groups in total. The summed E-state index contributed by atoms with van der Waals surface area (Å²) < 4.78 is 11.6. The predicted molar refractivity (Wildman–Crippen MR) is 90.5 cm³/mol. The molecule has 2 nitrogen and oxygen atoms in total. The summed E-state index contributed by atoms with van der Waals surface area (Å²) in [7, 11) is 0. The van der Waals surface area contributed by atoms with Gasteiger partial charge >= 0.3 is 0 Å². The maximum absolute atomic E-state index is 5.94. The number of rotatable bonds is 12. The largest absolute Gasteiger partial charge is 0.353 e. The smallest absolute Gasteiger partial charge is 0.157 e. The summed E-state index contributed by atoms with van der Waals surface area (Å²) in [6.07, 6.45) is 20.3. The molecular formula is C19H36O2. The van der Waals surface area contributed by atoms with Crippen LogP contribution in [0.4, 0.5) is 0 Å². The molecule has 1 aliphatic heterocycles. The van der Waals surface area contributed by atoms with Crippen molar-refractivity contribution in [3.8, 4) is 0 Å². The van der Waals surface area contributed by atoms with E-state index in [0.29, 0.717) is 6.10 Å². The van der Waals surface area contributed by atoms with Crippen molar-refractivity contribution >= 4 is 0 Å². The minimum atomic E-state index is 0.0713. The molecule has 2 atom stereocenters. The molecule has 0 aromatic rings. The van der Waals surface area contributed by atoms with E-state index in [-0.39, 0.29) is 6.29 Å². The maximum Gasteiger partial charge on any atom is 0.157 e. The molecule has 1 fully saturated rings. The van der Waals surface area contributed by atoms with Gasteiger partial charge in [-0.2, -0.15) is 0 Å². The van der Waals surface area contributed by atoms with Gasteiger partial charge in [-0.25, -0.2) is 0 Å². The minimum absolute atomic E-state index is 0.0713. The number of unbranched alkanes of at least 4 members (excludes halogenated alkanes) is 6. The first-order valence-electron chi connectivity index (χ1n) is 9.25. The third-order valence-corrected chi connectivity index (χ3v) is 4.14. The molecule has 0 aromatic heterocycles. The fourth-order valence-corrected chi connectivity index (χ4v) is 2.75. The van der Waals surface area contributed by atoms with Gasteiger partial charge in [-0.15, -0.1) is 0 Å². The molecule has 0 spiro atoms. The van der Waals surface area contributed by atoms with Crippen LogP contribution in [0.2, 0.25) is 0 Å². The maximum atomic E-state index is 5.94. The number of ether oxygens (including phenoxy) is 2. The highest BCUT2D eigenvalue weighted by Gasteiger charge is 2.16. The van der Waals surface area contributed by atoms with Crippen molar-refractivity contribution in [3.05, 3.63) is 12.2 Å². The van der Waals surface area contributed by atoms with E-state index in [4.69, 9.17) is 9.47 Å². The summed E-state index contributed by atoms with van der Waals surface area (Å²) in [6.45, 7) is 5.32. The van der Waals surface area contributed by atoms with E-state index >= 15 is 0 Å². The lowest BCUT2D eigenvalue weighted by atomic mass is 10.1. The van der Waals surface area contributed by atoms with E-state index in [0.717, 1.165) is 13.0 Å². The highest BCUT2D eigenvalue weighted by molar-refractivity contribution is 4.81. The average Bonchev–Trinajstić information content (AvgIpc) is 2.50. The Kier molecular flexibility index (Phi) is 11.9. The van der Waals surface area contributed by atoms with Crippen molar-refractivity contribution in [2.24, 2.45) is 0 Å². The molecule has 2 unspecified atom stereocenters. The summed E-state index contributed by atoms with van der Waals surface area (Å²) in [6, 6.07) is 0. The SMILES string of the molecule is CCCC/C=C\CCCCCCC(C)OC1CCCCO1. The first-order valence-corrected chi connectivity index (χ1v) is 9.25. The van der Waals surface area contributed by atoms with Gasteiger partial charge in [-0.3, -0.25) is 0 Å². The number of allylic oxidation sites excluding steroid dienone is 2. The van der Waals surface area contributed by atoms with Crippen LogP contribution >= 0.6 is 0 Å². The Labute approximate surface area is 132 Å². The van der Waals surface area contributed by atoms with Gasteiger partial charge < -0.3 is 9.47 Å². The summed E-state index contributed by atoms with van der Waals surface area (Å²) in [5.41, 5.74) is 0. The van der Waals surface area contributed by atoms with Gasteiger partial charge in [-0.1, -0.05) is 51.2 Å². The van der Waals surface area contributed by atoms with Crippen molar-refractivity contribution in [2.45, 2.75) is 103 Å². The molecular weight excluding hydrogens is 260 g/mol. The summed E-state index contributed by atoms with van der Waals surface area (Å²) >= 11 is 0. The third-order valence-electron chi connectivity index (χ3n) is 4.14. The van der Waals surface area contributed by atoms with Crippen LogP contribution < -0.4 is 0 Å². The first-order chi connectivity index (χ1) is 10.3. The van der Waals surface area contributed by atoms with Crippen LogP contribution in [0.5, 0.6) is 0 Å². The normalized spacial score (nSPS) is 21.0. The second-order valence-corrected chi connectivity index (χ2v) is 6.35. The van der Waals surface area contributed by atoms with E-state index in [1.807, 2.05) is 0 Å². The summed E-state index contributed by atoms with van der Waals surface area (Å²) in [5, 5.41) is 0. The van der Waals surface area contributed by atoms with Gasteiger partial charge in [0.05, 0.1) is 6.10 Å². The Morgan fingerprint density at radius 3 is 2.52 bits per heavy atom.